The van der Waals surface area contributed by atoms with Crippen LogP contribution in [-0.4, -0.2) is 14.5 Å². The molecule has 1 unspecified atom stereocenters. The number of aliphatic hydroxyl groups excluding tert-OH is 1. The van der Waals surface area contributed by atoms with Crippen LogP contribution in [-0.2, 0) is 0 Å². The molecular weight excluding hydrogens is 256 g/mol. The van der Waals surface area contributed by atoms with E-state index in [1.165, 1.54) is 32.1 Å². The molecule has 4 heteroatoms. The Hall–Kier alpha value is -1.13. The Morgan fingerprint density at radius 3 is 3.00 bits per heavy atom. The molecule has 1 N–H and O–H groups in total. The fraction of sp³-hybridized carbons (Fsp3) is 0.533. The molecule has 0 aromatic carbocycles. The highest BCUT2D eigenvalue weighted by atomic mass is 32.1. The van der Waals surface area contributed by atoms with E-state index in [1.54, 1.807) is 17.7 Å². The third kappa shape index (κ3) is 2.47. The first-order valence-electron chi connectivity index (χ1n) is 7.05. The lowest BCUT2D eigenvalue weighted by Crippen LogP contribution is -2.12. The Morgan fingerprint density at radius 2 is 2.26 bits per heavy atom. The molecule has 3 rings (SSSR count). The van der Waals surface area contributed by atoms with Crippen LogP contribution in [0.1, 0.15) is 55.2 Å². The van der Waals surface area contributed by atoms with Crippen LogP contribution in [0.4, 0.5) is 0 Å². The zero-order valence-electron chi connectivity index (χ0n) is 11.1. The van der Waals surface area contributed by atoms with E-state index in [2.05, 4.69) is 11.6 Å². The van der Waals surface area contributed by atoms with Gasteiger partial charge >= 0.3 is 0 Å². The molecule has 1 atom stereocenters. The Kier molecular flexibility index (Phi) is 3.71. The summed E-state index contributed by atoms with van der Waals surface area (Å²) in [5.74, 6) is 0.667. The number of hydrogen-bond acceptors (Lipinski definition) is 3. The molecule has 1 aliphatic carbocycles. The molecule has 19 heavy (non-hydrogen) atoms. The summed E-state index contributed by atoms with van der Waals surface area (Å²) in [7, 11) is 0. The molecule has 0 spiro atoms. The average molecular weight is 276 g/mol. The van der Waals surface area contributed by atoms with Crippen molar-refractivity contribution in [1.29, 1.82) is 0 Å². The van der Waals surface area contributed by atoms with E-state index in [0.29, 0.717) is 5.92 Å². The van der Waals surface area contributed by atoms with Gasteiger partial charge in [-0.15, -0.1) is 11.3 Å². The number of aliphatic hydroxyl groups is 1. The van der Waals surface area contributed by atoms with Crippen molar-refractivity contribution in [3.8, 4) is 0 Å². The molecule has 0 radical (unpaired) electrons. The van der Waals surface area contributed by atoms with Gasteiger partial charge in [-0.3, -0.25) is 4.40 Å². The lowest BCUT2D eigenvalue weighted by atomic mass is 9.85. The highest BCUT2D eigenvalue weighted by Crippen LogP contribution is 2.35. The van der Waals surface area contributed by atoms with Crippen LogP contribution < -0.4 is 0 Å². The van der Waals surface area contributed by atoms with Crippen molar-refractivity contribution in [3.63, 3.8) is 0 Å². The Morgan fingerprint density at radius 1 is 1.47 bits per heavy atom. The number of hydrogen-bond donors (Lipinski definition) is 1. The van der Waals surface area contributed by atoms with Crippen molar-refractivity contribution in [2.75, 3.05) is 0 Å². The second-order valence-electron chi connectivity index (χ2n) is 5.41. The zero-order chi connectivity index (χ0) is 13.2. The van der Waals surface area contributed by atoms with E-state index >= 15 is 0 Å². The standard InChI is InChI=1S/C15H20N2OS/c1-2-13-15(17-10-16-9-14(17)19-13)12(18)8-11-6-4-3-5-7-11/h2,9-12,18H,1,3-8H2. The number of aromatic nitrogens is 2. The minimum absolute atomic E-state index is 0.404. The lowest BCUT2D eigenvalue weighted by molar-refractivity contribution is 0.127. The molecule has 0 amide bonds. The van der Waals surface area contributed by atoms with Crippen LogP contribution in [0.5, 0.6) is 0 Å². The summed E-state index contributed by atoms with van der Waals surface area (Å²) >= 11 is 1.64. The zero-order valence-corrected chi connectivity index (χ0v) is 11.9. The summed E-state index contributed by atoms with van der Waals surface area (Å²) in [5.41, 5.74) is 0.970. The predicted molar refractivity (Wildman–Crippen MR) is 79.3 cm³/mol. The van der Waals surface area contributed by atoms with Gasteiger partial charge < -0.3 is 5.11 Å². The summed E-state index contributed by atoms with van der Waals surface area (Å²) in [5, 5.41) is 10.6. The van der Waals surface area contributed by atoms with E-state index in [4.69, 9.17) is 0 Å². The van der Waals surface area contributed by atoms with Gasteiger partial charge in [-0.25, -0.2) is 4.98 Å². The van der Waals surface area contributed by atoms with Gasteiger partial charge in [0, 0.05) is 0 Å². The van der Waals surface area contributed by atoms with Gasteiger partial charge in [-0.1, -0.05) is 44.8 Å². The van der Waals surface area contributed by atoms with Gasteiger partial charge in [0.1, 0.15) is 11.2 Å². The predicted octanol–water partition coefficient (Wildman–Crippen LogP) is 4.04. The second-order valence-corrected chi connectivity index (χ2v) is 6.48. The first-order valence-corrected chi connectivity index (χ1v) is 7.86. The molecule has 0 aliphatic heterocycles. The van der Waals surface area contributed by atoms with Crippen molar-refractivity contribution < 1.29 is 5.11 Å². The van der Waals surface area contributed by atoms with Crippen LogP contribution in [0, 0.1) is 5.92 Å². The van der Waals surface area contributed by atoms with Crippen molar-refractivity contribution in [2.45, 2.75) is 44.6 Å². The summed E-state index contributed by atoms with van der Waals surface area (Å²) in [6, 6.07) is 0. The Labute approximate surface area is 117 Å². The highest BCUT2D eigenvalue weighted by molar-refractivity contribution is 7.18. The molecule has 0 bridgehead atoms. The van der Waals surface area contributed by atoms with E-state index in [-0.39, 0.29) is 0 Å². The van der Waals surface area contributed by atoms with E-state index in [1.807, 2.05) is 16.7 Å². The third-order valence-electron chi connectivity index (χ3n) is 4.11. The van der Waals surface area contributed by atoms with E-state index in [0.717, 1.165) is 21.8 Å². The van der Waals surface area contributed by atoms with Gasteiger partial charge in [0.15, 0.2) is 0 Å². The van der Waals surface area contributed by atoms with Crippen LogP contribution in [0.15, 0.2) is 19.1 Å². The fourth-order valence-electron chi connectivity index (χ4n) is 3.14. The molecule has 1 fully saturated rings. The second kappa shape index (κ2) is 5.47. The molecule has 2 heterocycles. The van der Waals surface area contributed by atoms with E-state index in [9.17, 15) is 5.11 Å². The minimum Gasteiger partial charge on any atom is -0.387 e. The summed E-state index contributed by atoms with van der Waals surface area (Å²) in [6.45, 7) is 3.86. The molecule has 2 aromatic heterocycles. The van der Waals surface area contributed by atoms with Crippen molar-refractivity contribution in [2.24, 2.45) is 5.92 Å². The lowest BCUT2D eigenvalue weighted by Gasteiger charge is -2.24. The maximum absolute atomic E-state index is 10.6. The van der Waals surface area contributed by atoms with Crippen molar-refractivity contribution in [3.05, 3.63) is 29.7 Å². The van der Waals surface area contributed by atoms with Crippen LogP contribution in [0.3, 0.4) is 0 Å². The summed E-state index contributed by atoms with van der Waals surface area (Å²) in [6.07, 6.45) is 12.4. The molecule has 3 nitrogen and oxygen atoms in total. The Balaban J connectivity index is 1.84. The molecule has 102 valence electrons. The number of rotatable bonds is 4. The largest absolute Gasteiger partial charge is 0.387 e. The Bertz CT molecular complexity index is 566. The monoisotopic (exact) mass is 276 g/mol. The van der Waals surface area contributed by atoms with Crippen molar-refractivity contribution >= 4 is 22.2 Å². The van der Waals surface area contributed by atoms with Gasteiger partial charge in [0.2, 0.25) is 0 Å². The minimum atomic E-state index is -0.404. The normalized spacial score (nSPS) is 18.8. The smallest absolute Gasteiger partial charge is 0.120 e. The maximum Gasteiger partial charge on any atom is 0.120 e. The summed E-state index contributed by atoms with van der Waals surface area (Å²) < 4.78 is 2.01. The van der Waals surface area contributed by atoms with Gasteiger partial charge in [0.25, 0.3) is 0 Å². The molecule has 0 saturated heterocycles. The number of fused-ring (bicyclic) bond motifs is 1. The van der Waals surface area contributed by atoms with Gasteiger partial charge in [0.05, 0.1) is 22.9 Å². The van der Waals surface area contributed by atoms with Gasteiger partial charge in [-0.05, 0) is 12.3 Å². The summed E-state index contributed by atoms with van der Waals surface area (Å²) in [4.78, 5) is 6.30. The molecule has 1 saturated carbocycles. The topological polar surface area (TPSA) is 37.5 Å². The quantitative estimate of drug-likeness (QED) is 0.915. The SMILES string of the molecule is C=Cc1sc2cncn2c1C(O)CC1CCCCC1. The third-order valence-corrected chi connectivity index (χ3v) is 5.22. The van der Waals surface area contributed by atoms with E-state index < -0.39 is 6.10 Å². The molecule has 1 aliphatic rings. The average Bonchev–Trinajstić information content (AvgIpc) is 2.99. The van der Waals surface area contributed by atoms with Crippen LogP contribution >= 0.6 is 11.3 Å². The fourth-order valence-corrected chi connectivity index (χ4v) is 4.15. The number of imidazole rings is 1. The van der Waals surface area contributed by atoms with Crippen LogP contribution in [0.25, 0.3) is 10.9 Å². The highest BCUT2D eigenvalue weighted by Gasteiger charge is 2.23. The first-order chi connectivity index (χ1) is 9.29. The first kappa shape index (κ1) is 12.9. The number of nitrogens with zero attached hydrogens (tertiary/aromatic N) is 2. The molecule has 2 aromatic rings. The van der Waals surface area contributed by atoms with Crippen molar-refractivity contribution in [1.82, 2.24) is 9.38 Å². The molecular formula is C15H20N2OS. The number of thiazole rings is 1. The van der Waals surface area contributed by atoms with Gasteiger partial charge in [-0.2, -0.15) is 0 Å². The van der Waals surface area contributed by atoms with Crippen LogP contribution in [0.2, 0.25) is 0 Å². The maximum atomic E-state index is 10.6.